The first kappa shape index (κ1) is 9.26. The quantitative estimate of drug-likeness (QED) is 0.482. The van der Waals surface area contributed by atoms with Gasteiger partial charge in [0.05, 0.1) is 0 Å². The van der Waals surface area contributed by atoms with Gasteiger partial charge in [-0.3, -0.25) is 0 Å². The number of halogens is 3. The molecular weight excluding hydrogens is 172 g/mol. The molecule has 0 nitrogen and oxygen atoms in total. The van der Waals surface area contributed by atoms with Gasteiger partial charge in [0.1, 0.15) is 0 Å². The Labute approximate surface area is 43.2 Å². The normalized spacial score (nSPS) is 9.00. The summed E-state index contributed by atoms with van der Waals surface area (Å²) in [6, 6.07) is 0. The Balaban J connectivity index is 0. The third kappa shape index (κ3) is 57.4. The predicted molar refractivity (Wildman–Crippen MR) is 3.32 cm³/mol. The van der Waals surface area contributed by atoms with Crippen molar-refractivity contribution in [3.05, 3.63) is 0 Å². The van der Waals surface area contributed by atoms with Crippen molar-refractivity contribution in [3.63, 3.8) is 0 Å². The van der Waals surface area contributed by atoms with Crippen LogP contribution in [-0.2, 0) is 32.0 Å². The third-order valence-electron chi connectivity index (χ3n) is 0. The van der Waals surface area contributed by atoms with E-state index in [1.54, 1.807) is 0 Å². The van der Waals surface area contributed by atoms with Gasteiger partial charge in [0.15, 0.2) is 0 Å². The molecular formula is CoF3Fe. The molecule has 0 rings (SSSR count). The van der Waals surface area contributed by atoms with E-state index in [-0.39, 0.29) is 16.8 Å². The SMILES string of the molecule is [Co].[F][Fe]([F])[F]. The van der Waals surface area contributed by atoms with Crippen LogP contribution in [0, 0.1) is 0 Å². The number of hydrogen-bond acceptors (Lipinski definition) is 0. The summed E-state index contributed by atoms with van der Waals surface area (Å²) in [7, 11) is 0. The van der Waals surface area contributed by atoms with Crippen molar-refractivity contribution in [1.29, 1.82) is 0 Å². The van der Waals surface area contributed by atoms with Crippen molar-refractivity contribution in [1.82, 2.24) is 0 Å². The van der Waals surface area contributed by atoms with Gasteiger partial charge in [0.25, 0.3) is 0 Å². The molecule has 0 bridgehead atoms. The van der Waals surface area contributed by atoms with Gasteiger partial charge in [-0.05, 0) is 0 Å². The molecule has 0 aromatic carbocycles. The van der Waals surface area contributed by atoms with E-state index in [2.05, 4.69) is 0 Å². The average Bonchev–Trinajstić information content (AvgIpc) is 0.811. The van der Waals surface area contributed by atoms with Gasteiger partial charge in [-0.2, -0.15) is 0 Å². The zero-order valence-corrected chi connectivity index (χ0v) is 3.97. The number of rotatable bonds is 0. The van der Waals surface area contributed by atoms with E-state index in [9.17, 15) is 10.7 Å². The second-order valence-electron chi connectivity index (χ2n) is 0.152. The van der Waals surface area contributed by atoms with E-state index in [1.807, 2.05) is 0 Å². The van der Waals surface area contributed by atoms with Crippen LogP contribution < -0.4 is 0 Å². The Hall–Kier alpha value is 0.816. The van der Waals surface area contributed by atoms with Crippen molar-refractivity contribution in [3.8, 4) is 0 Å². The van der Waals surface area contributed by atoms with Crippen molar-refractivity contribution in [2.75, 3.05) is 0 Å². The molecule has 0 heterocycles. The van der Waals surface area contributed by atoms with Crippen molar-refractivity contribution in [2.45, 2.75) is 0 Å². The molecule has 0 unspecified atom stereocenters. The molecule has 0 saturated heterocycles. The Morgan fingerprint density at radius 3 is 1.00 bits per heavy atom. The van der Waals surface area contributed by atoms with Crippen LogP contribution in [0.25, 0.3) is 0 Å². The van der Waals surface area contributed by atoms with Crippen molar-refractivity contribution in [2.24, 2.45) is 0 Å². The third-order valence-corrected chi connectivity index (χ3v) is 0. The van der Waals surface area contributed by atoms with Gasteiger partial charge in [-0.15, -0.1) is 0 Å². The molecule has 1 radical (unpaired) electrons. The topological polar surface area (TPSA) is 0 Å². The van der Waals surface area contributed by atoms with Crippen LogP contribution >= 0.6 is 0 Å². The molecule has 0 aliphatic carbocycles. The van der Waals surface area contributed by atoms with Crippen LogP contribution in [-0.4, -0.2) is 0 Å². The van der Waals surface area contributed by atoms with Crippen LogP contribution in [0.4, 0.5) is 10.7 Å². The first-order chi connectivity index (χ1) is 1.73. The standard InChI is InChI=1S/Co.3FH.Fe/h;3*1H;/q;;;;+3/p-3. The first-order valence-electron chi connectivity index (χ1n) is 0.401. The molecule has 0 aliphatic rings. The summed E-state index contributed by atoms with van der Waals surface area (Å²) in [4.78, 5) is 0. The zero-order valence-electron chi connectivity index (χ0n) is 1.82. The van der Waals surface area contributed by atoms with Crippen LogP contribution in [0.5, 0.6) is 0 Å². The summed E-state index contributed by atoms with van der Waals surface area (Å²) in [6.07, 6.45) is 0. The maximum absolute atomic E-state index is 9.75. The van der Waals surface area contributed by atoms with Crippen LogP contribution in [0.2, 0.25) is 0 Å². The molecule has 0 fully saturated rings. The second kappa shape index (κ2) is 4.82. The summed E-state index contributed by atoms with van der Waals surface area (Å²) in [5, 5.41) is 0. The second-order valence-corrected chi connectivity index (χ2v) is 0.625. The Bertz CT molecular complexity index is 11.6. The van der Waals surface area contributed by atoms with E-state index in [0.717, 1.165) is 0 Å². The number of hydrogen-bond donors (Lipinski definition) is 0. The molecule has 5 heteroatoms. The summed E-state index contributed by atoms with van der Waals surface area (Å²) < 4.78 is 29.2. The van der Waals surface area contributed by atoms with E-state index < -0.39 is 15.3 Å². The van der Waals surface area contributed by atoms with Crippen LogP contribution in [0.1, 0.15) is 0 Å². The van der Waals surface area contributed by atoms with E-state index >= 15 is 0 Å². The Morgan fingerprint density at radius 1 is 1.00 bits per heavy atom. The fourth-order valence-electron chi connectivity index (χ4n) is 0. The molecule has 0 atom stereocenters. The van der Waals surface area contributed by atoms with E-state index in [0.29, 0.717) is 0 Å². The van der Waals surface area contributed by atoms with Gasteiger partial charge in [0.2, 0.25) is 0 Å². The minimum absolute atomic E-state index is 0. The van der Waals surface area contributed by atoms with Gasteiger partial charge >= 0.3 is 25.9 Å². The summed E-state index contributed by atoms with van der Waals surface area (Å²) in [6.45, 7) is 0. The molecule has 0 spiro atoms. The average molecular weight is 172 g/mol. The molecule has 5 heavy (non-hydrogen) atoms. The van der Waals surface area contributed by atoms with Crippen molar-refractivity contribution < 1.29 is 42.7 Å². The first-order valence-corrected chi connectivity index (χ1v) is 1.65. The fourth-order valence-corrected chi connectivity index (χ4v) is 0. The fraction of sp³-hybridized carbons (Fsp3) is 0. The Kier molecular flexibility index (Phi) is 8.92. The molecule has 0 N–H and O–H groups in total. The van der Waals surface area contributed by atoms with Crippen LogP contribution in [0.15, 0.2) is 0 Å². The van der Waals surface area contributed by atoms with Crippen LogP contribution in [0.3, 0.4) is 0 Å². The molecule has 0 aromatic heterocycles. The molecule has 0 aliphatic heterocycles. The summed E-state index contributed by atoms with van der Waals surface area (Å²) in [5.41, 5.74) is 0. The summed E-state index contributed by atoms with van der Waals surface area (Å²) >= 11 is -4.25. The van der Waals surface area contributed by atoms with Gasteiger partial charge in [-0.25, -0.2) is 0 Å². The van der Waals surface area contributed by atoms with E-state index in [4.69, 9.17) is 0 Å². The predicted octanol–water partition coefficient (Wildman–Crippen LogP) is 1.26. The van der Waals surface area contributed by atoms with Gasteiger partial charge < -0.3 is 0 Å². The van der Waals surface area contributed by atoms with Crippen molar-refractivity contribution >= 4 is 0 Å². The summed E-state index contributed by atoms with van der Waals surface area (Å²) in [5.74, 6) is 0. The molecule has 0 amide bonds. The van der Waals surface area contributed by atoms with Gasteiger partial charge in [-0.1, -0.05) is 0 Å². The molecule has 0 saturated carbocycles. The Morgan fingerprint density at radius 2 is 1.00 bits per heavy atom. The van der Waals surface area contributed by atoms with Gasteiger partial charge in [0, 0.05) is 16.8 Å². The monoisotopic (exact) mass is 172 g/mol. The maximum atomic E-state index is 9.75. The molecule has 0 aromatic rings. The zero-order chi connectivity index (χ0) is 3.58. The minimum atomic E-state index is -4.25. The van der Waals surface area contributed by atoms with E-state index in [1.165, 1.54) is 0 Å². The molecule has 38 valence electrons.